The van der Waals surface area contributed by atoms with Crippen molar-refractivity contribution in [1.29, 1.82) is 0 Å². The second-order valence-corrected chi connectivity index (χ2v) is 4.91. The van der Waals surface area contributed by atoms with Gasteiger partial charge in [-0.2, -0.15) is 0 Å². The molecule has 1 saturated heterocycles. The average molecular weight is 254 g/mol. The van der Waals surface area contributed by atoms with E-state index in [1.54, 1.807) is 0 Å². The Hall–Kier alpha value is -1.00. The van der Waals surface area contributed by atoms with Gasteiger partial charge in [0.2, 0.25) is 0 Å². The minimum atomic E-state index is -0.383. The van der Waals surface area contributed by atoms with Crippen LogP contribution in [0.5, 0.6) is 0 Å². The van der Waals surface area contributed by atoms with Crippen LogP contribution in [-0.2, 0) is 6.54 Å². The average Bonchev–Trinajstić information content (AvgIpc) is 2.81. The van der Waals surface area contributed by atoms with E-state index in [4.69, 9.17) is 0 Å². The van der Waals surface area contributed by atoms with Crippen molar-refractivity contribution in [2.45, 2.75) is 19.9 Å². The standard InChI is InChI=1S/C14H20F2N2/c1-2-18-6-5-11(10-18)8-17-9-12-7-13(15)3-4-14(12)16/h3-4,7,11,17H,2,5-6,8-10H2,1H3. The summed E-state index contributed by atoms with van der Waals surface area (Å²) in [6.45, 7) is 6.78. The molecule has 0 amide bonds. The molecule has 4 heteroatoms. The topological polar surface area (TPSA) is 15.3 Å². The number of hydrogen-bond acceptors (Lipinski definition) is 2. The fraction of sp³-hybridized carbons (Fsp3) is 0.571. The highest BCUT2D eigenvalue weighted by Gasteiger charge is 2.20. The summed E-state index contributed by atoms with van der Waals surface area (Å²) >= 11 is 0. The van der Waals surface area contributed by atoms with E-state index in [9.17, 15) is 8.78 Å². The van der Waals surface area contributed by atoms with Gasteiger partial charge in [0.25, 0.3) is 0 Å². The first-order chi connectivity index (χ1) is 8.69. The van der Waals surface area contributed by atoms with E-state index < -0.39 is 0 Å². The lowest BCUT2D eigenvalue weighted by atomic mass is 10.1. The van der Waals surface area contributed by atoms with E-state index in [1.807, 2.05) is 0 Å². The Kier molecular flexibility index (Phi) is 4.66. The van der Waals surface area contributed by atoms with Gasteiger partial charge in [0, 0.05) is 18.7 Å². The van der Waals surface area contributed by atoms with Crippen molar-refractivity contribution in [2.75, 3.05) is 26.2 Å². The van der Waals surface area contributed by atoms with Crippen molar-refractivity contribution in [2.24, 2.45) is 5.92 Å². The molecule has 0 saturated carbocycles. The van der Waals surface area contributed by atoms with Gasteiger partial charge in [0.1, 0.15) is 11.6 Å². The summed E-state index contributed by atoms with van der Waals surface area (Å²) in [6.07, 6.45) is 1.19. The monoisotopic (exact) mass is 254 g/mol. The zero-order valence-corrected chi connectivity index (χ0v) is 10.8. The first-order valence-electron chi connectivity index (χ1n) is 6.56. The zero-order chi connectivity index (χ0) is 13.0. The maximum absolute atomic E-state index is 13.4. The largest absolute Gasteiger partial charge is 0.312 e. The summed E-state index contributed by atoms with van der Waals surface area (Å²) < 4.78 is 26.3. The Morgan fingerprint density at radius 3 is 2.94 bits per heavy atom. The molecule has 1 fully saturated rings. The van der Waals surface area contributed by atoms with Crippen molar-refractivity contribution in [1.82, 2.24) is 10.2 Å². The molecular weight excluding hydrogens is 234 g/mol. The number of nitrogens with one attached hydrogen (secondary N) is 1. The van der Waals surface area contributed by atoms with E-state index in [0.29, 0.717) is 18.0 Å². The van der Waals surface area contributed by atoms with Gasteiger partial charge in [0.05, 0.1) is 0 Å². The molecule has 100 valence electrons. The molecule has 0 aliphatic carbocycles. The first-order valence-corrected chi connectivity index (χ1v) is 6.56. The van der Waals surface area contributed by atoms with Crippen molar-refractivity contribution in [3.05, 3.63) is 35.4 Å². The summed E-state index contributed by atoms with van der Waals surface area (Å²) in [5.41, 5.74) is 0.403. The molecule has 0 radical (unpaired) electrons. The summed E-state index contributed by atoms with van der Waals surface area (Å²) in [7, 11) is 0. The van der Waals surface area contributed by atoms with E-state index in [2.05, 4.69) is 17.1 Å². The van der Waals surface area contributed by atoms with Gasteiger partial charge in [-0.3, -0.25) is 0 Å². The van der Waals surface area contributed by atoms with Crippen molar-refractivity contribution < 1.29 is 8.78 Å². The zero-order valence-electron chi connectivity index (χ0n) is 10.8. The lowest BCUT2D eigenvalue weighted by Crippen LogP contribution is -2.26. The van der Waals surface area contributed by atoms with E-state index in [1.165, 1.54) is 18.6 Å². The second kappa shape index (κ2) is 6.25. The van der Waals surface area contributed by atoms with Crippen LogP contribution in [0, 0.1) is 17.6 Å². The van der Waals surface area contributed by atoms with Gasteiger partial charge >= 0.3 is 0 Å². The summed E-state index contributed by atoms with van der Waals surface area (Å²) in [4.78, 5) is 2.41. The van der Waals surface area contributed by atoms with Crippen molar-refractivity contribution >= 4 is 0 Å². The van der Waals surface area contributed by atoms with Gasteiger partial charge in [-0.15, -0.1) is 0 Å². The van der Waals surface area contributed by atoms with Gasteiger partial charge in [-0.05, 0) is 50.2 Å². The number of halogens is 2. The molecule has 0 aromatic heterocycles. The van der Waals surface area contributed by atoms with E-state index >= 15 is 0 Å². The molecule has 0 bridgehead atoms. The van der Waals surface area contributed by atoms with Crippen LogP contribution in [0.15, 0.2) is 18.2 Å². The molecule has 1 unspecified atom stereocenters. The summed E-state index contributed by atoms with van der Waals surface area (Å²) in [6, 6.07) is 3.59. The van der Waals surface area contributed by atoms with Crippen LogP contribution in [-0.4, -0.2) is 31.1 Å². The van der Waals surface area contributed by atoms with Crippen LogP contribution in [0.25, 0.3) is 0 Å². The van der Waals surface area contributed by atoms with Crippen LogP contribution >= 0.6 is 0 Å². The number of hydrogen-bond donors (Lipinski definition) is 1. The van der Waals surface area contributed by atoms with E-state index in [0.717, 1.165) is 32.2 Å². The Balaban J connectivity index is 1.77. The molecule has 1 aromatic rings. The van der Waals surface area contributed by atoms with Gasteiger partial charge < -0.3 is 10.2 Å². The van der Waals surface area contributed by atoms with Crippen molar-refractivity contribution in [3.8, 4) is 0 Å². The minimum Gasteiger partial charge on any atom is -0.312 e. The number of likely N-dealkylation sites (tertiary alicyclic amines) is 1. The molecule has 18 heavy (non-hydrogen) atoms. The minimum absolute atomic E-state index is 0.342. The predicted octanol–water partition coefficient (Wildman–Crippen LogP) is 2.40. The maximum atomic E-state index is 13.4. The number of nitrogens with zero attached hydrogens (tertiary/aromatic N) is 1. The van der Waals surface area contributed by atoms with Crippen LogP contribution in [0.1, 0.15) is 18.9 Å². The highest BCUT2D eigenvalue weighted by Crippen LogP contribution is 2.15. The van der Waals surface area contributed by atoms with Crippen LogP contribution in [0.4, 0.5) is 8.78 Å². The first kappa shape index (κ1) is 13.4. The molecule has 1 heterocycles. The van der Waals surface area contributed by atoms with Gasteiger partial charge in [0.15, 0.2) is 0 Å². The van der Waals surface area contributed by atoms with Gasteiger partial charge in [-0.25, -0.2) is 8.78 Å². The molecule has 1 aliphatic heterocycles. The Bertz CT molecular complexity index is 395. The number of rotatable bonds is 5. The van der Waals surface area contributed by atoms with Crippen LogP contribution in [0.3, 0.4) is 0 Å². The smallest absolute Gasteiger partial charge is 0.127 e. The second-order valence-electron chi connectivity index (χ2n) is 4.91. The Labute approximate surface area is 107 Å². The Morgan fingerprint density at radius 2 is 2.22 bits per heavy atom. The van der Waals surface area contributed by atoms with Crippen LogP contribution < -0.4 is 5.32 Å². The number of benzene rings is 1. The fourth-order valence-corrected chi connectivity index (χ4v) is 2.46. The summed E-state index contributed by atoms with van der Waals surface area (Å²) in [5, 5.41) is 3.22. The van der Waals surface area contributed by atoms with Crippen molar-refractivity contribution in [3.63, 3.8) is 0 Å². The SMILES string of the molecule is CCN1CCC(CNCc2cc(F)ccc2F)C1. The summed E-state index contributed by atoms with van der Waals surface area (Å²) in [5.74, 6) is -0.0988. The van der Waals surface area contributed by atoms with Crippen LogP contribution in [0.2, 0.25) is 0 Å². The predicted molar refractivity (Wildman–Crippen MR) is 68.3 cm³/mol. The molecule has 2 rings (SSSR count). The molecule has 0 spiro atoms. The molecule has 2 nitrogen and oxygen atoms in total. The lowest BCUT2D eigenvalue weighted by Gasteiger charge is -2.14. The third kappa shape index (κ3) is 3.50. The molecule has 1 N–H and O–H groups in total. The fourth-order valence-electron chi connectivity index (χ4n) is 2.46. The molecule has 1 aliphatic rings. The third-order valence-corrected chi connectivity index (χ3v) is 3.57. The quantitative estimate of drug-likeness (QED) is 0.868. The third-order valence-electron chi connectivity index (χ3n) is 3.57. The van der Waals surface area contributed by atoms with E-state index in [-0.39, 0.29) is 11.6 Å². The maximum Gasteiger partial charge on any atom is 0.127 e. The highest BCUT2D eigenvalue weighted by molar-refractivity contribution is 5.18. The Morgan fingerprint density at radius 1 is 1.39 bits per heavy atom. The van der Waals surface area contributed by atoms with Gasteiger partial charge in [-0.1, -0.05) is 6.92 Å². The normalized spacial score (nSPS) is 20.5. The molecule has 1 aromatic carbocycles. The molecule has 1 atom stereocenters. The highest BCUT2D eigenvalue weighted by atomic mass is 19.1. The molecular formula is C14H20F2N2. The lowest BCUT2D eigenvalue weighted by molar-refractivity contribution is 0.338.